The van der Waals surface area contributed by atoms with Crippen LogP contribution in [0.4, 0.5) is 0 Å². The molecule has 0 aromatic heterocycles. The third-order valence-corrected chi connectivity index (χ3v) is 3.99. The van der Waals surface area contributed by atoms with E-state index in [1.165, 1.54) is 0 Å². The first-order valence-corrected chi connectivity index (χ1v) is 8.96. The second-order valence-electron chi connectivity index (χ2n) is 6.52. The van der Waals surface area contributed by atoms with Crippen molar-refractivity contribution in [3.8, 4) is 17.6 Å². The van der Waals surface area contributed by atoms with E-state index in [1.54, 1.807) is 55.5 Å². The van der Waals surface area contributed by atoms with E-state index in [-0.39, 0.29) is 12.1 Å². The SMILES string of the molecule is CC#Cc1ccc(C(=O)Oc2ccc3cc(C(=O)OC(C)C)ccc3c2)cc1. The number of esters is 2. The summed E-state index contributed by atoms with van der Waals surface area (Å²) in [5.41, 5.74) is 1.78. The molecule has 0 aliphatic rings. The Labute approximate surface area is 164 Å². The lowest BCUT2D eigenvalue weighted by atomic mass is 10.1. The molecule has 0 fully saturated rings. The Kier molecular flexibility index (Phi) is 5.76. The summed E-state index contributed by atoms with van der Waals surface area (Å²) in [6.07, 6.45) is -0.173. The minimum absolute atomic E-state index is 0.173. The van der Waals surface area contributed by atoms with Gasteiger partial charge >= 0.3 is 11.9 Å². The van der Waals surface area contributed by atoms with Crippen LogP contribution in [0.5, 0.6) is 5.75 Å². The minimum Gasteiger partial charge on any atom is -0.459 e. The van der Waals surface area contributed by atoms with E-state index in [0.29, 0.717) is 16.9 Å². The maximum Gasteiger partial charge on any atom is 0.343 e. The predicted molar refractivity (Wildman–Crippen MR) is 108 cm³/mol. The number of rotatable bonds is 4. The van der Waals surface area contributed by atoms with Gasteiger partial charge in [-0.15, -0.1) is 5.92 Å². The highest BCUT2D eigenvalue weighted by molar-refractivity contribution is 5.96. The molecule has 0 bridgehead atoms. The van der Waals surface area contributed by atoms with E-state index in [9.17, 15) is 9.59 Å². The quantitative estimate of drug-likeness (QED) is 0.368. The Bertz CT molecular complexity index is 1080. The van der Waals surface area contributed by atoms with Gasteiger partial charge in [0, 0.05) is 5.56 Å². The number of hydrogen-bond acceptors (Lipinski definition) is 4. The van der Waals surface area contributed by atoms with E-state index >= 15 is 0 Å². The maximum absolute atomic E-state index is 12.3. The standard InChI is InChI=1S/C24H20O4/c1-4-5-17-6-8-18(9-7-17)23(25)28-22-13-12-19-14-21(11-10-20(19)15-22)24(26)27-16(2)3/h6-16H,1-3H3. The molecule has 3 rings (SSSR count). The van der Waals surface area contributed by atoms with Crippen LogP contribution in [0, 0.1) is 11.8 Å². The van der Waals surface area contributed by atoms with E-state index in [1.807, 2.05) is 26.0 Å². The molecule has 4 heteroatoms. The number of carbonyl (C=O) groups excluding carboxylic acids is 2. The molecule has 3 aromatic rings. The average molecular weight is 372 g/mol. The van der Waals surface area contributed by atoms with Crippen molar-refractivity contribution in [2.45, 2.75) is 26.9 Å². The van der Waals surface area contributed by atoms with Crippen LogP contribution in [0.25, 0.3) is 10.8 Å². The maximum atomic E-state index is 12.3. The number of hydrogen-bond donors (Lipinski definition) is 0. The van der Waals surface area contributed by atoms with Gasteiger partial charge in [-0.25, -0.2) is 9.59 Å². The number of ether oxygens (including phenoxy) is 2. The van der Waals surface area contributed by atoms with Gasteiger partial charge in [0.2, 0.25) is 0 Å². The predicted octanol–water partition coefficient (Wildman–Crippen LogP) is 5.00. The average Bonchev–Trinajstić information content (AvgIpc) is 2.68. The molecule has 3 aromatic carbocycles. The van der Waals surface area contributed by atoms with Crippen LogP contribution in [-0.4, -0.2) is 18.0 Å². The monoisotopic (exact) mass is 372 g/mol. The van der Waals surface area contributed by atoms with E-state index < -0.39 is 5.97 Å². The Balaban J connectivity index is 1.77. The number of fused-ring (bicyclic) bond motifs is 1. The van der Waals surface area contributed by atoms with Crippen LogP contribution < -0.4 is 4.74 Å². The molecule has 0 amide bonds. The van der Waals surface area contributed by atoms with Crippen molar-refractivity contribution in [2.24, 2.45) is 0 Å². The van der Waals surface area contributed by atoms with Gasteiger partial charge in [-0.1, -0.05) is 18.1 Å². The molecule has 0 heterocycles. The molecule has 140 valence electrons. The van der Waals surface area contributed by atoms with Crippen molar-refractivity contribution in [2.75, 3.05) is 0 Å². The second-order valence-corrected chi connectivity index (χ2v) is 6.52. The summed E-state index contributed by atoms with van der Waals surface area (Å²) in [6.45, 7) is 5.38. The van der Waals surface area contributed by atoms with Crippen LogP contribution in [0.15, 0.2) is 60.7 Å². The summed E-state index contributed by atoms with van der Waals surface area (Å²) in [5, 5.41) is 1.72. The van der Waals surface area contributed by atoms with Crippen LogP contribution in [0.1, 0.15) is 47.1 Å². The lowest BCUT2D eigenvalue weighted by Gasteiger charge is -2.09. The molecule has 0 atom stereocenters. The second kappa shape index (κ2) is 8.41. The van der Waals surface area contributed by atoms with Crippen molar-refractivity contribution in [3.63, 3.8) is 0 Å². The number of benzene rings is 3. The zero-order valence-corrected chi connectivity index (χ0v) is 16.0. The molecule has 0 spiro atoms. The number of carbonyl (C=O) groups is 2. The van der Waals surface area contributed by atoms with Gasteiger partial charge in [-0.05, 0) is 80.1 Å². The first-order valence-electron chi connectivity index (χ1n) is 8.96. The topological polar surface area (TPSA) is 52.6 Å². The van der Waals surface area contributed by atoms with Gasteiger partial charge < -0.3 is 9.47 Å². The lowest BCUT2D eigenvalue weighted by Crippen LogP contribution is -2.11. The molecule has 0 unspecified atom stereocenters. The summed E-state index contributed by atoms with van der Waals surface area (Å²) < 4.78 is 10.7. The third-order valence-electron chi connectivity index (χ3n) is 3.99. The molecule has 0 aliphatic carbocycles. The van der Waals surface area contributed by atoms with Gasteiger partial charge in [0.15, 0.2) is 0 Å². The first kappa shape index (κ1) is 19.2. The Morgan fingerprint density at radius 3 is 2.14 bits per heavy atom. The highest BCUT2D eigenvalue weighted by Gasteiger charge is 2.12. The molecule has 0 saturated heterocycles. The summed E-state index contributed by atoms with van der Waals surface area (Å²) in [6, 6.07) is 17.5. The van der Waals surface area contributed by atoms with Crippen molar-refractivity contribution < 1.29 is 19.1 Å². The summed E-state index contributed by atoms with van der Waals surface area (Å²) in [5.74, 6) is 5.39. The van der Waals surface area contributed by atoms with Crippen LogP contribution in [0.3, 0.4) is 0 Å². The van der Waals surface area contributed by atoms with Gasteiger partial charge in [0.25, 0.3) is 0 Å². The molecule has 0 N–H and O–H groups in total. The van der Waals surface area contributed by atoms with E-state index in [4.69, 9.17) is 9.47 Å². The molecule has 0 aliphatic heterocycles. The van der Waals surface area contributed by atoms with Crippen LogP contribution in [0.2, 0.25) is 0 Å². The largest absolute Gasteiger partial charge is 0.459 e. The first-order chi connectivity index (χ1) is 13.5. The molecule has 28 heavy (non-hydrogen) atoms. The smallest absolute Gasteiger partial charge is 0.343 e. The van der Waals surface area contributed by atoms with Gasteiger partial charge in [0.05, 0.1) is 17.2 Å². The van der Waals surface area contributed by atoms with Gasteiger partial charge in [-0.2, -0.15) is 0 Å². The van der Waals surface area contributed by atoms with Gasteiger partial charge in [-0.3, -0.25) is 0 Å². The van der Waals surface area contributed by atoms with Crippen molar-refractivity contribution >= 4 is 22.7 Å². The zero-order valence-electron chi connectivity index (χ0n) is 16.0. The molecular formula is C24H20O4. The van der Waals surface area contributed by atoms with Crippen molar-refractivity contribution in [3.05, 3.63) is 77.4 Å². The van der Waals surface area contributed by atoms with Crippen LogP contribution >= 0.6 is 0 Å². The Morgan fingerprint density at radius 1 is 0.821 bits per heavy atom. The molecular weight excluding hydrogens is 352 g/mol. The highest BCUT2D eigenvalue weighted by Crippen LogP contribution is 2.23. The van der Waals surface area contributed by atoms with Crippen LogP contribution in [-0.2, 0) is 4.74 Å². The Morgan fingerprint density at radius 2 is 1.46 bits per heavy atom. The van der Waals surface area contributed by atoms with Gasteiger partial charge in [0.1, 0.15) is 5.75 Å². The minimum atomic E-state index is -0.438. The molecule has 0 radical (unpaired) electrons. The zero-order chi connectivity index (χ0) is 20.1. The third kappa shape index (κ3) is 4.57. The fourth-order valence-electron chi connectivity index (χ4n) is 2.70. The fraction of sp³-hybridized carbons (Fsp3) is 0.167. The Hall–Kier alpha value is -3.58. The van der Waals surface area contributed by atoms with Crippen molar-refractivity contribution in [1.29, 1.82) is 0 Å². The summed E-state index contributed by atoms with van der Waals surface area (Å²) >= 11 is 0. The highest BCUT2D eigenvalue weighted by atomic mass is 16.5. The summed E-state index contributed by atoms with van der Waals surface area (Å²) in [4.78, 5) is 24.4. The van der Waals surface area contributed by atoms with E-state index in [2.05, 4.69) is 11.8 Å². The summed E-state index contributed by atoms with van der Waals surface area (Å²) in [7, 11) is 0. The lowest BCUT2D eigenvalue weighted by molar-refractivity contribution is 0.0378. The van der Waals surface area contributed by atoms with Crippen molar-refractivity contribution in [1.82, 2.24) is 0 Å². The normalized spacial score (nSPS) is 10.3. The fourth-order valence-corrected chi connectivity index (χ4v) is 2.70. The molecule has 4 nitrogen and oxygen atoms in total. The molecule has 0 saturated carbocycles. The van der Waals surface area contributed by atoms with E-state index in [0.717, 1.165) is 16.3 Å².